The molecule has 0 saturated carbocycles. The molecule has 6 aliphatic rings. The van der Waals surface area contributed by atoms with Gasteiger partial charge in [0.05, 0.1) is 281 Å². The predicted molar refractivity (Wildman–Crippen MR) is 376 cm³/mol. The van der Waals surface area contributed by atoms with E-state index in [4.69, 9.17) is 121 Å². The van der Waals surface area contributed by atoms with Crippen LogP contribution in [0.25, 0.3) is 0 Å². The summed E-state index contributed by atoms with van der Waals surface area (Å²) in [6, 6.07) is 7.23. The lowest BCUT2D eigenvalue weighted by molar-refractivity contribution is -0.233. The minimum atomic E-state index is -1.28. The van der Waals surface area contributed by atoms with E-state index in [1.807, 2.05) is 30.3 Å². The van der Waals surface area contributed by atoms with Crippen LogP contribution in [0.1, 0.15) is 35.5 Å². The molecular weight excluding hydrogens is 1470 g/mol. The Kier molecular flexibility index (Phi) is 37.0. The van der Waals surface area contributed by atoms with E-state index in [1.165, 1.54) is 0 Å². The molecule has 15 atom stereocenters. The number of aliphatic hydroxyl groups excluding tert-OH is 6. The van der Waals surface area contributed by atoms with Crippen molar-refractivity contribution >= 4 is 5.91 Å². The molecule has 0 radical (unpaired) electrons. The number of aromatic nitrogens is 9. The number of hydrogen-bond donors (Lipinski definition) is 10. The summed E-state index contributed by atoms with van der Waals surface area (Å²) in [7, 11) is 0. The fourth-order valence-electron chi connectivity index (χ4n) is 12.6. The molecule has 628 valence electrons. The van der Waals surface area contributed by atoms with E-state index in [2.05, 4.69) is 36.3 Å². The Balaban J connectivity index is 0.637. The first-order valence-electron chi connectivity index (χ1n) is 37.6. The van der Waals surface area contributed by atoms with Crippen LogP contribution in [0.4, 0.5) is 0 Å². The standard InChI is InChI=1S/C69H113N13O29/c70-54-57(84)60(87)67(46-106-63(54)109-67)43-100-30-27-96-24-21-93-18-15-90-12-8-80-33-50(74-77-80)37-103-40-66(73-53(83)7-4-11-99-36-49-5-2-1-3-6-49,41-104-38-51-34-81(78-75-51)9-13-91-16-19-94-22-25-97-28-31-101-44-68-47-107-64(110-68)55(71)58(85)61(68)88)42-105-39-52-35-82(79-76-52)10-14-92-17-20-95-23-26-98-29-32-102-45-69-48-108-65(111-69)56(72)59(86)62(69)89/h1-3,5-6,33-35,54-65,84-89H,4,7-32,36-48,70-72H2,(H,73,83)/t54-,55-,56-,57-,58-,59-,60-,61-,62-,63+,64+,65+,67+,68+,69+/m1/s1. The van der Waals surface area contributed by atoms with Gasteiger partial charge in [-0.1, -0.05) is 46.0 Å². The number of nitrogens with two attached hydrogens (primary N) is 3. The number of carbonyl (C=O) groups excluding carboxylic acids is 1. The molecule has 13 N–H and O–H groups in total. The van der Waals surface area contributed by atoms with E-state index in [1.54, 1.807) is 32.6 Å². The molecule has 9 heterocycles. The number of rotatable bonds is 61. The minimum absolute atomic E-state index is 0.00834. The molecule has 42 heteroatoms. The highest BCUT2D eigenvalue weighted by molar-refractivity contribution is 5.76. The van der Waals surface area contributed by atoms with Crippen molar-refractivity contribution in [2.75, 3.05) is 205 Å². The van der Waals surface area contributed by atoms with E-state index >= 15 is 0 Å². The van der Waals surface area contributed by atoms with E-state index < -0.39 is 96.0 Å². The van der Waals surface area contributed by atoms with Gasteiger partial charge in [0.2, 0.25) is 5.91 Å². The predicted octanol–water partition coefficient (Wildman–Crippen LogP) is -6.01. The Hall–Kier alpha value is -5.13. The van der Waals surface area contributed by atoms with Gasteiger partial charge in [0.25, 0.3) is 0 Å². The molecule has 111 heavy (non-hydrogen) atoms. The zero-order valence-electron chi connectivity index (χ0n) is 62.7. The van der Waals surface area contributed by atoms with E-state index in [0.717, 1.165) is 5.56 Å². The number of aliphatic hydroxyl groups is 6. The summed E-state index contributed by atoms with van der Waals surface area (Å²) >= 11 is 0. The molecule has 6 fully saturated rings. The second kappa shape index (κ2) is 46.6. The van der Waals surface area contributed by atoms with Crippen LogP contribution in [0.3, 0.4) is 0 Å². The molecule has 6 aliphatic heterocycles. The number of carbonyl (C=O) groups is 1. The zero-order valence-corrected chi connectivity index (χ0v) is 62.7. The summed E-state index contributed by atoms with van der Waals surface area (Å²) in [5.74, 6) is -0.292. The summed E-state index contributed by atoms with van der Waals surface area (Å²) in [5, 5.41) is 91.3. The van der Waals surface area contributed by atoms with Gasteiger partial charge < -0.3 is 157 Å². The molecule has 42 nitrogen and oxygen atoms in total. The molecule has 6 saturated heterocycles. The minimum Gasteiger partial charge on any atom is -0.388 e. The van der Waals surface area contributed by atoms with Gasteiger partial charge in [-0.2, -0.15) is 0 Å². The van der Waals surface area contributed by atoms with Crippen molar-refractivity contribution in [3.8, 4) is 0 Å². The van der Waals surface area contributed by atoms with Crippen LogP contribution < -0.4 is 22.5 Å². The molecule has 1 amide bonds. The summed E-state index contributed by atoms with van der Waals surface area (Å²) in [6.07, 6.45) is -3.91. The first-order valence-corrected chi connectivity index (χ1v) is 37.6. The number of benzene rings is 1. The Morgan fingerprint density at radius 1 is 0.414 bits per heavy atom. The summed E-state index contributed by atoms with van der Waals surface area (Å²) in [5.41, 5.74) is 15.4. The summed E-state index contributed by atoms with van der Waals surface area (Å²) in [6.45, 7) is 8.32. The van der Waals surface area contributed by atoms with Crippen molar-refractivity contribution in [1.29, 1.82) is 0 Å². The van der Waals surface area contributed by atoms with Gasteiger partial charge in [-0.25, -0.2) is 14.0 Å². The lowest BCUT2D eigenvalue weighted by atomic mass is 9.89. The van der Waals surface area contributed by atoms with Crippen LogP contribution in [0.2, 0.25) is 0 Å². The van der Waals surface area contributed by atoms with Crippen LogP contribution in [-0.4, -0.2) is 382 Å². The van der Waals surface area contributed by atoms with Gasteiger partial charge in [0, 0.05) is 13.0 Å². The molecule has 0 spiro atoms. The van der Waals surface area contributed by atoms with Gasteiger partial charge in [0.1, 0.15) is 76.0 Å². The summed E-state index contributed by atoms with van der Waals surface area (Å²) < 4.78 is 132. The Bertz CT molecular complexity index is 2940. The third-order valence-corrected chi connectivity index (χ3v) is 18.9. The SMILES string of the molecule is N[C@H]1[C@H]2OC[C@](COCCOCCOCCOCCn3cc(COCC(COCc4cn(CCOCCOCCOCCOC[C@@]56CO[C@@H](O5)[C@H](N)[C@@H](O)[C@H]6O)nn4)(COCc4cn(CCOCCOCCOCCOC[C@@]56CO[C@@H](O5)[C@H](N)[C@@H](O)[C@H]6O)nn4)NC(=O)CCCOCc4ccccc4)nn3)(O2)[C@H](O)[C@@H]1O. The van der Waals surface area contributed by atoms with Crippen molar-refractivity contribution < 1.29 is 140 Å². The first-order chi connectivity index (χ1) is 54.1. The van der Waals surface area contributed by atoms with Crippen LogP contribution >= 0.6 is 0 Å². The second-order valence-electron chi connectivity index (χ2n) is 27.7. The van der Waals surface area contributed by atoms with Crippen LogP contribution in [-0.2, 0) is 155 Å². The van der Waals surface area contributed by atoms with Gasteiger partial charge in [-0.15, -0.1) is 15.3 Å². The van der Waals surface area contributed by atoms with E-state index in [9.17, 15) is 35.4 Å². The maximum atomic E-state index is 14.1. The van der Waals surface area contributed by atoms with Gasteiger partial charge in [-0.05, 0) is 12.0 Å². The molecule has 10 rings (SSSR count). The molecule has 0 aliphatic carbocycles. The van der Waals surface area contributed by atoms with Crippen LogP contribution in [0, 0.1) is 0 Å². The normalized spacial score (nSPS) is 27.6. The van der Waals surface area contributed by atoms with Gasteiger partial charge >= 0.3 is 0 Å². The molecular formula is C69H113N13O29. The summed E-state index contributed by atoms with van der Waals surface area (Å²) in [4.78, 5) is 14.1. The number of hydrogen-bond acceptors (Lipinski definition) is 38. The Morgan fingerprint density at radius 2 is 0.721 bits per heavy atom. The third-order valence-electron chi connectivity index (χ3n) is 18.9. The first kappa shape index (κ1) is 88.2. The highest BCUT2D eigenvalue weighted by Crippen LogP contribution is 2.39. The van der Waals surface area contributed by atoms with Crippen molar-refractivity contribution in [3.05, 3.63) is 71.6 Å². The topological polar surface area (TPSA) is 524 Å². The molecule has 6 bridgehead atoms. The average Bonchev–Trinajstić information content (AvgIpc) is 1.64. The monoisotopic (exact) mass is 1590 g/mol. The van der Waals surface area contributed by atoms with E-state index in [0.29, 0.717) is 155 Å². The number of nitrogens with one attached hydrogen (secondary N) is 1. The number of nitrogens with zero attached hydrogens (tertiary/aromatic N) is 9. The second-order valence-corrected chi connectivity index (χ2v) is 27.7. The highest BCUT2D eigenvalue weighted by Gasteiger charge is 2.61. The lowest BCUT2D eigenvalue weighted by Gasteiger charge is -2.41. The fourth-order valence-corrected chi connectivity index (χ4v) is 12.6. The molecule has 0 unspecified atom stereocenters. The molecule has 4 aromatic rings. The van der Waals surface area contributed by atoms with E-state index in [-0.39, 0.29) is 131 Å². The van der Waals surface area contributed by atoms with Gasteiger partial charge in [-0.3, -0.25) is 4.79 Å². The number of ether oxygens (including phenoxy) is 22. The third kappa shape index (κ3) is 27.2. The molecule has 3 aromatic heterocycles. The quantitative estimate of drug-likeness (QED) is 0.0184. The van der Waals surface area contributed by atoms with Crippen molar-refractivity contribution in [2.45, 2.75) is 155 Å². The van der Waals surface area contributed by atoms with Crippen molar-refractivity contribution in [3.63, 3.8) is 0 Å². The molecule has 1 aromatic carbocycles. The smallest absolute Gasteiger partial charge is 0.220 e. The Labute approximate surface area is 642 Å². The number of amides is 1. The van der Waals surface area contributed by atoms with Crippen LogP contribution in [0.5, 0.6) is 0 Å². The lowest BCUT2D eigenvalue weighted by Crippen LogP contribution is -2.65. The van der Waals surface area contributed by atoms with Crippen molar-refractivity contribution in [2.24, 2.45) is 17.2 Å². The fraction of sp³-hybridized carbons (Fsp3) is 0.812. The number of fused-ring (bicyclic) bond motifs is 6. The highest BCUT2D eigenvalue weighted by atomic mass is 16.8. The largest absolute Gasteiger partial charge is 0.388 e. The maximum Gasteiger partial charge on any atom is 0.220 e. The average molecular weight is 1590 g/mol. The Morgan fingerprint density at radius 3 is 1.05 bits per heavy atom. The van der Waals surface area contributed by atoms with Crippen molar-refractivity contribution in [1.82, 2.24) is 50.3 Å². The zero-order chi connectivity index (χ0) is 78.0. The van der Waals surface area contributed by atoms with Crippen LogP contribution in [0.15, 0.2) is 48.9 Å². The maximum absolute atomic E-state index is 14.1. The van der Waals surface area contributed by atoms with Gasteiger partial charge in [0.15, 0.2) is 18.9 Å².